The normalized spacial score (nSPS) is 16.9. The number of likely N-dealkylation sites (tertiary alicyclic amines) is 1. The van der Waals surface area contributed by atoms with Crippen LogP contribution in [0.4, 0.5) is 0 Å². The lowest BCUT2D eigenvalue weighted by atomic mass is 9.95. The lowest BCUT2D eigenvalue weighted by Gasteiger charge is -2.16. The van der Waals surface area contributed by atoms with Gasteiger partial charge in [0.1, 0.15) is 5.75 Å². The first kappa shape index (κ1) is 20.1. The Morgan fingerprint density at radius 2 is 2.06 bits per heavy atom. The van der Waals surface area contributed by atoms with Crippen molar-refractivity contribution in [3.63, 3.8) is 0 Å². The zero-order valence-corrected chi connectivity index (χ0v) is 19.0. The maximum absolute atomic E-state index is 12.6. The maximum Gasteiger partial charge on any atom is 0.261 e. The molecule has 1 saturated heterocycles. The van der Waals surface area contributed by atoms with Crippen LogP contribution in [-0.4, -0.2) is 42.6 Å². The van der Waals surface area contributed by atoms with E-state index in [-0.39, 0.29) is 5.91 Å². The zero-order chi connectivity index (χ0) is 21.5. The molecule has 1 atom stereocenters. The summed E-state index contributed by atoms with van der Waals surface area (Å²) in [5.74, 6) is 1.28. The summed E-state index contributed by atoms with van der Waals surface area (Å²) in [7, 11) is 5.51. The van der Waals surface area contributed by atoms with Crippen molar-refractivity contribution in [2.75, 3.05) is 27.2 Å². The van der Waals surface area contributed by atoms with Crippen molar-refractivity contribution in [3.05, 3.63) is 64.7 Å². The maximum atomic E-state index is 12.6. The highest BCUT2D eigenvalue weighted by Gasteiger charge is 2.30. The van der Waals surface area contributed by atoms with Gasteiger partial charge in [0.25, 0.3) is 5.91 Å². The summed E-state index contributed by atoms with van der Waals surface area (Å²) in [6.07, 6.45) is 3.30. The summed E-state index contributed by atoms with van der Waals surface area (Å²) in [6.45, 7) is 2.92. The van der Waals surface area contributed by atoms with Gasteiger partial charge in [0.2, 0.25) is 0 Å². The van der Waals surface area contributed by atoms with Gasteiger partial charge in [0.05, 0.1) is 17.5 Å². The molecule has 3 heterocycles. The highest BCUT2D eigenvalue weighted by Crippen LogP contribution is 2.40. The molecule has 0 bridgehead atoms. The van der Waals surface area contributed by atoms with Crippen LogP contribution < -0.4 is 10.1 Å². The molecular weight excluding hydrogens is 406 g/mol. The Labute approximate surface area is 186 Å². The molecule has 2 aromatic heterocycles. The number of hydrogen-bond acceptors (Lipinski definition) is 4. The summed E-state index contributed by atoms with van der Waals surface area (Å²) in [5, 5.41) is 5.34. The molecule has 6 heteroatoms. The molecule has 2 aromatic carbocycles. The van der Waals surface area contributed by atoms with E-state index in [1.54, 1.807) is 25.5 Å². The van der Waals surface area contributed by atoms with Crippen molar-refractivity contribution >= 4 is 38.2 Å². The molecule has 1 aliphatic rings. The number of amides is 1. The lowest BCUT2D eigenvalue weighted by Crippen LogP contribution is -2.21. The summed E-state index contributed by atoms with van der Waals surface area (Å²) >= 11 is 1.61. The third kappa shape index (κ3) is 3.50. The third-order valence-electron chi connectivity index (χ3n) is 6.42. The van der Waals surface area contributed by atoms with E-state index in [0.29, 0.717) is 5.92 Å². The van der Waals surface area contributed by atoms with Crippen LogP contribution in [0.3, 0.4) is 0 Å². The number of rotatable bonds is 5. The Balaban J connectivity index is 1.43. The molecule has 0 spiro atoms. The average molecular weight is 434 g/mol. The number of fused-ring (bicyclic) bond motifs is 2. The SMILES string of the molecule is CNC(=O)c1sc2ccccc2c1[C@@H]1CCN(Cc2cn(C)c3cc(OC)ccc23)C1. The molecule has 1 aliphatic heterocycles. The predicted octanol–water partition coefficient (Wildman–Crippen LogP) is 4.75. The summed E-state index contributed by atoms with van der Waals surface area (Å²) in [5.41, 5.74) is 3.75. The van der Waals surface area contributed by atoms with E-state index in [1.807, 2.05) is 12.1 Å². The number of methoxy groups -OCH3 is 1. The van der Waals surface area contributed by atoms with E-state index in [1.165, 1.54) is 32.1 Å². The molecule has 0 saturated carbocycles. The molecule has 5 nitrogen and oxygen atoms in total. The Morgan fingerprint density at radius 3 is 2.87 bits per heavy atom. The van der Waals surface area contributed by atoms with Gasteiger partial charge in [-0.15, -0.1) is 11.3 Å². The van der Waals surface area contributed by atoms with Gasteiger partial charge in [0, 0.05) is 55.5 Å². The minimum Gasteiger partial charge on any atom is -0.497 e. The van der Waals surface area contributed by atoms with E-state index < -0.39 is 0 Å². The van der Waals surface area contributed by atoms with Gasteiger partial charge < -0.3 is 14.6 Å². The quantitative estimate of drug-likeness (QED) is 0.494. The molecule has 4 aromatic rings. The van der Waals surface area contributed by atoms with Gasteiger partial charge >= 0.3 is 0 Å². The molecule has 1 amide bonds. The van der Waals surface area contributed by atoms with Crippen LogP contribution in [0.25, 0.3) is 21.0 Å². The largest absolute Gasteiger partial charge is 0.497 e. The Kier molecular flexibility index (Phi) is 5.20. The van der Waals surface area contributed by atoms with Crippen molar-refractivity contribution in [1.82, 2.24) is 14.8 Å². The summed E-state index contributed by atoms with van der Waals surface area (Å²) in [6, 6.07) is 14.7. The molecule has 0 aliphatic carbocycles. The number of benzene rings is 2. The van der Waals surface area contributed by atoms with E-state index in [2.05, 4.69) is 58.4 Å². The fourth-order valence-electron chi connectivity index (χ4n) is 4.91. The Bertz CT molecular complexity index is 1270. The number of thiophene rings is 1. The van der Waals surface area contributed by atoms with Gasteiger partial charge in [-0.3, -0.25) is 9.69 Å². The van der Waals surface area contributed by atoms with Gasteiger partial charge in [0.15, 0.2) is 0 Å². The van der Waals surface area contributed by atoms with Crippen molar-refractivity contribution in [2.24, 2.45) is 7.05 Å². The molecular formula is C25H27N3O2S. The molecule has 31 heavy (non-hydrogen) atoms. The predicted molar refractivity (Wildman–Crippen MR) is 127 cm³/mol. The summed E-state index contributed by atoms with van der Waals surface area (Å²) in [4.78, 5) is 16.0. The number of hydrogen-bond donors (Lipinski definition) is 1. The smallest absolute Gasteiger partial charge is 0.261 e. The monoisotopic (exact) mass is 433 g/mol. The number of nitrogens with zero attached hydrogens (tertiary/aromatic N) is 2. The second-order valence-corrected chi connectivity index (χ2v) is 9.34. The Morgan fingerprint density at radius 1 is 1.23 bits per heavy atom. The van der Waals surface area contributed by atoms with Crippen molar-refractivity contribution in [3.8, 4) is 5.75 Å². The zero-order valence-electron chi connectivity index (χ0n) is 18.1. The summed E-state index contributed by atoms with van der Waals surface area (Å²) < 4.78 is 8.76. The first-order valence-corrected chi connectivity index (χ1v) is 11.5. The lowest BCUT2D eigenvalue weighted by molar-refractivity contribution is 0.0966. The number of ether oxygens (including phenoxy) is 1. The van der Waals surface area contributed by atoms with Crippen LogP contribution in [-0.2, 0) is 13.6 Å². The van der Waals surface area contributed by atoms with Crippen LogP contribution in [0, 0.1) is 0 Å². The van der Waals surface area contributed by atoms with Crippen LogP contribution in [0.1, 0.15) is 33.1 Å². The minimum atomic E-state index is 0.0256. The topological polar surface area (TPSA) is 46.5 Å². The number of aromatic nitrogens is 1. The fraction of sp³-hybridized carbons (Fsp3) is 0.320. The van der Waals surface area contributed by atoms with E-state index in [4.69, 9.17) is 4.74 Å². The third-order valence-corrected chi connectivity index (χ3v) is 7.61. The standard InChI is InChI=1S/C25H27N3O2S/c1-26-25(29)24-23(20-6-4-5-7-22(20)31-24)16-10-11-28(14-16)15-17-13-27(2)21-12-18(30-3)8-9-19(17)21/h4-9,12-13,16H,10-11,14-15H2,1-3H3,(H,26,29)/t16-/m1/s1. The second-order valence-electron chi connectivity index (χ2n) is 8.29. The first-order valence-electron chi connectivity index (χ1n) is 10.7. The molecule has 5 rings (SSSR count). The number of carbonyl (C=O) groups excluding carboxylic acids is 1. The van der Waals surface area contributed by atoms with Gasteiger partial charge in [-0.2, -0.15) is 0 Å². The fourth-order valence-corrected chi connectivity index (χ4v) is 6.14. The van der Waals surface area contributed by atoms with E-state index >= 15 is 0 Å². The molecule has 0 unspecified atom stereocenters. The van der Waals surface area contributed by atoms with Gasteiger partial charge in [-0.25, -0.2) is 0 Å². The average Bonchev–Trinajstić information content (AvgIpc) is 3.49. The van der Waals surface area contributed by atoms with Crippen molar-refractivity contribution in [1.29, 1.82) is 0 Å². The van der Waals surface area contributed by atoms with Gasteiger partial charge in [-0.05, 0) is 47.7 Å². The van der Waals surface area contributed by atoms with Crippen LogP contribution in [0.15, 0.2) is 48.7 Å². The van der Waals surface area contributed by atoms with E-state index in [0.717, 1.165) is 36.7 Å². The number of aryl methyl sites for hydroxylation is 1. The van der Waals surface area contributed by atoms with Gasteiger partial charge in [-0.1, -0.05) is 18.2 Å². The van der Waals surface area contributed by atoms with E-state index in [9.17, 15) is 4.79 Å². The minimum absolute atomic E-state index is 0.0256. The second kappa shape index (κ2) is 8.02. The Hall–Kier alpha value is -2.83. The molecule has 1 fully saturated rings. The van der Waals surface area contributed by atoms with Crippen LogP contribution in [0.5, 0.6) is 5.75 Å². The van der Waals surface area contributed by atoms with Crippen molar-refractivity contribution < 1.29 is 9.53 Å². The number of nitrogens with one attached hydrogen (secondary N) is 1. The molecule has 1 N–H and O–H groups in total. The van der Waals surface area contributed by atoms with Crippen LogP contribution >= 0.6 is 11.3 Å². The number of carbonyl (C=O) groups is 1. The highest BCUT2D eigenvalue weighted by molar-refractivity contribution is 7.21. The molecule has 160 valence electrons. The first-order chi connectivity index (χ1) is 15.1. The van der Waals surface area contributed by atoms with Crippen molar-refractivity contribution in [2.45, 2.75) is 18.9 Å². The highest BCUT2D eigenvalue weighted by atomic mass is 32.1. The van der Waals surface area contributed by atoms with Crippen LogP contribution in [0.2, 0.25) is 0 Å². The molecule has 0 radical (unpaired) electrons.